The van der Waals surface area contributed by atoms with Crippen LogP contribution in [-0.2, 0) is 40.2 Å². The highest BCUT2D eigenvalue weighted by Crippen LogP contribution is 2.33. The number of hydrogen-bond acceptors (Lipinski definition) is 7. The number of amides is 2. The molecule has 10 nitrogen and oxygen atoms in total. The fourth-order valence-electron chi connectivity index (χ4n) is 6.04. The third kappa shape index (κ3) is 7.15. The summed E-state index contributed by atoms with van der Waals surface area (Å²) >= 11 is 0. The van der Waals surface area contributed by atoms with E-state index in [-0.39, 0.29) is 29.7 Å². The van der Waals surface area contributed by atoms with Gasteiger partial charge in [-0.3, -0.25) is 30.3 Å². The number of guanidine groups is 1. The minimum absolute atomic E-state index is 0.0805. The van der Waals surface area contributed by atoms with Crippen LogP contribution in [0.3, 0.4) is 0 Å². The fraction of sp³-hybridized carbons (Fsp3) is 0.350. The van der Waals surface area contributed by atoms with Crippen LogP contribution >= 0.6 is 0 Å². The minimum Gasteiger partial charge on any atom is -0.550 e. The number of fused-ring (bicyclic) bond motifs is 1. The van der Waals surface area contributed by atoms with Crippen molar-refractivity contribution < 1.29 is 24.5 Å². The van der Waals surface area contributed by atoms with Gasteiger partial charge in [-0.25, -0.2) is 0 Å². The fourth-order valence-corrected chi connectivity index (χ4v) is 6.04. The molecule has 0 aliphatic carbocycles. The second-order valence-electron chi connectivity index (χ2n) is 15.2. The predicted octanol–water partition coefficient (Wildman–Crippen LogP) is 3.01. The summed E-state index contributed by atoms with van der Waals surface area (Å²) in [4.78, 5) is 53.9. The Morgan fingerprint density at radius 2 is 1.32 bits per heavy atom. The Morgan fingerprint density at radius 3 is 1.76 bits per heavy atom. The molecule has 260 valence electrons. The second-order valence-corrected chi connectivity index (χ2v) is 15.2. The summed E-state index contributed by atoms with van der Waals surface area (Å²) < 4.78 is 0. The lowest BCUT2D eigenvalue weighted by molar-refractivity contribution is -0.525. The number of carbonyl (C=O) groups excluding carboxylic acids is 3. The lowest BCUT2D eigenvalue weighted by Crippen LogP contribution is -2.85. The Labute approximate surface area is 294 Å². The van der Waals surface area contributed by atoms with E-state index in [2.05, 4.69) is 35.7 Å². The van der Waals surface area contributed by atoms with E-state index in [0.29, 0.717) is 18.7 Å². The van der Waals surface area contributed by atoms with Crippen LogP contribution in [0.2, 0.25) is 0 Å². The van der Waals surface area contributed by atoms with Crippen molar-refractivity contribution in [2.75, 3.05) is 0 Å². The zero-order valence-electron chi connectivity index (χ0n) is 30.1. The summed E-state index contributed by atoms with van der Waals surface area (Å²) in [6, 6.07) is 21.8. The van der Waals surface area contributed by atoms with Crippen LogP contribution in [0.4, 0.5) is 0 Å². The lowest BCUT2D eigenvalue weighted by Gasteiger charge is -2.26. The minimum atomic E-state index is -1.17. The van der Waals surface area contributed by atoms with E-state index < -0.39 is 16.9 Å². The van der Waals surface area contributed by atoms with Crippen LogP contribution in [0, 0.1) is 19.3 Å². The maximum absolute atomic E-state index is 14.5. The third-order valence-corrected chi connectivity index (χ3v) is 9.05. The Bertz CT molecular complexity index is 1880. The summed E-state index contributed by atoms with van der Waals surface area (Å²) in [6.45, 7) is 16.2. The maximum atomic E-state index is 14.5. The number of rotatable bonds is 5. The van der Waals surface area contributed by atoms with Gasteiger partial charge in [-0.1, -0.05) is 113 Å². The molecule has 2 amide bonds. The summed E-state index contributed by atoms with van der Waals surface area (Å²) in [6.07, 6.45) is 3.31. The molecule has 0 radical (unpaired) electrons. The quantitative estimate of drug-likeness (QED) is 0.331. The van der Waals surface area contributed by atoms with Crippen LogP contribution in [0.5, 0.6) is 0 Å². The van der Waals surface area contributed by atoms with Gasteiger partial charge in [-0.05, 0) is 36.5 Å². The largest absolute Gasteiger partial charge is 0.550 e. The molecule has 2 aliphatic heterocycles. The van der Waals surface area contributed by atoms with Crippen molar-refractivity contribution >= 4 is 23.7 Å². The Balaban J connectivity index is 0.000000630. The molecule has 0 spiro atoms. The van der Waals surface area contributed by atoms with Crippen molar-refractivity contribution in [2.45, 2.75) is 86.0 Å². The topological polar surface area (TPSA) is 147 Å². The van der Waals surface area contributed by atoms with Gasteiger partial charge in [-0.2, -0.15) is 4.90 Å². The van der Waals surface area contributed by atoms with Gasteiger partial charge in [-0.15, -0.1) is 0 Å². The average Bonchev–Trinajstić information content (AvgIpc) is 3.60. The second kappa shape index (κ2) is 13.5. The number of carbonyl (C=O) groups is 3. The SMILES string of the molecule is CC(C)(C)C(=O)[O-].Cc1ccc(C2(c3ccc(C)cc3)[NH+]=C(N)N(Cc3ccc(C(C)(C)C)c(C(=O)N4Cc5nccnc5C4)c3)C2=O)cc1. The Kier molecular flexibility index (Phi) is 9.69. The van der Waals surface area contributed by atoms with Crippen molar-refractivity contribution in [1.82, 2.24) is 19.8 Å². The van der Waals surface area contributed by atoms with Crippen LogP contribution < -0.4 is 15.8 Å². The summed E-state index contributed by atoms with van der Waals surface area (Å²) in [7, 11) is 0. The van der Waals surface area contributed by atoms with Gasteiger partial charge in [0, 0.05) is 40.5 Å². The summed E-state index contributed by atoms with van der Waals surface area (Å²) in [5.41, 5.74) is 12.3. The van der Waals surface area contributed by atoms with Gasteiger partial charge in [0.25, 0.3) is 5.91 Å². The molecule has 1 aromatic heterocycles. The van der Waals surface area contributed by atoms with E-state index in [0.717, 1.165) is 44.8 Å². The number of carboxylic acids is 1. The molecule has 0 saturated carbocycles. The maximum Gasteiger partial charge on any atom is 0.352 e. The first-order valence-electron chi connectivity index (χ1n) is 16.7. The molecule has 10 heteroatoms. The first kappa shape index (κ1) is 35.9. The third-order valence-electron chi connectivity index (χ3n) is 9.05. The molecule has 3 heterocycles. The molecular weight excluding hydrogens is 628 g/mol. The zero-order chi connectivity index (χ0) is 36.6. The molecule has 0 unspecified atom stereocenters. The van der Waals surface area contributed by atoms with Crippen molar-refractivity contribution in [3.63, 3.8) is 0 Å². The first-order valence-corrected chi connectivity index (χ1v) is 16.7. The van der Waals surface area contributed by atoms with Crippen LogP contribution in [0.15, 0.2) is 79.1 Å². The Hall–Kier alpha value is -5.38. The van der Waals surface area contributed by atoms with Gasteiger partial charge < -0.3 is 14.8 Å². The molecule has 0 bridgehead atoms. The number of nitrogens with one attached hydrogen (secondary N) is 1. The first-order chi connectivity index (χ1) is 23.4. The number of aryl methyl sites for hydroxylation is 2. The summed E-state index contributed by atoms with van der Waals surface area (Å²) in [5.74, 6) is -0.987. The number of nitrogens with zero attached hydrogens (tertiary/aromatic N) is 4. The molecule has 4 aromatic rings. The molecule has 6 rings (SSSR count). The molecule has 50 heavy (non-hydrogen) atoms. The monoisotopic (exact) mass is 674 g/mol. The van der Waals surface area contributed by atoms with Crippen LogP contribution in [0.25, 0.3) is 0 Å². The molecule has 0 fully saturated rings. The van der Waals surface area contributed by atoms with Crippen molar-refractivity contribution in [3.05, 3.63) is 129 Å². The number of aromatic nitrogens is 2. The average molecular weight is 675 g/mol. The molecule has 0 atom stereocenters. The lowest BCUT2D eigenvalue weighted by atomic mass is 9.82. The predicted molar refractivity (Wildman–Crippen MR) is 189 cm³/mol. The zero-order valence-corrected chi connectivity index (χ0v) is 30.1. The highest BCUT2D eigenvalue weighted by molar-refractivity contribution is 6.04. The van der Waals surface area contributed by atoms with Gasteiger partial charge in [0.15, 0.2) is 0 Å². The summed E-state index contributed by atoms with van der Waals surface area (Å²) in [5, 5.41) is 9.91. The van der Waals surface area contributed by atoms with Gasteiger partial charge in [0.2, 0.25) is 5.54 Å². The molecule has 3 N–H and O–H groups in total. The standard InChI is InChI=1S/C35H36N6O2.C5H10O2/c1-22-6-11-25(12-7-22)35(26-13-8-23(2)9-14-26)32(43)41(33(36)39-35)19-24-10-15-28(34(3,4)5)27(18-24)31(42)40-20-29-30(21-40)38-17-16-37-29;1-5(2,3)4(6)7/h6-18H,19-21H2,1-5H3,(H2,36,39);1-3H3,(H,6,7). The van der Waals surface area contributed by atoms with E-state index in [1.807, 2.05) is 80.6 Å². The van der Waals surface area contributed by atoms with E-state index in [9.17, 15) is 19.5 Å². The van der Waals surface area contributed by atoms with E-state index in [1.165, 1.54) is 0 Å². The van der Waals surface area contributed by atoms with Gasteiger partial charge in [0.05, 0.1) is 24.5 Å². The Morgan fingerprint density at radius 1 is 0.840 bits per heavy atom. The highest BCUT2D eigenvalue weighted by Gasteiger charge is 2.55. The molecule has 0 saturated heterocycles. The molecule has 3 aromatic carbocycles. The van der Waals surface area contributed by atoms with Gasteiger partial charge in [0.1, 0.15) is 6.54 Å². The van der Waals surface area contributed by atoms with Crippen molar-refractivity contribution in [2.24, 2.45) is 11.1 Å². The number of carboxylic acid groups (broad SMARTS) is 1. The van der Waals surface area contributed by atoms with Crippen molar-refractivity contribution in [3.8, 4) is 0 Å². The van der Waals surface area contributed by atoms with E-state index in [1.54, 1.807) is 43.0 Å². The van der Waals surface area contributed by atoms with Gasteiger partial charge >= 0.3 is 11.9 Å². The van der Waals surface area contributed by atoms with Crippen LogP contribution in [-0.4, -0.2) is 43.5 Å². The molecule has 2 aliphatic rings. The number of aliphatic carboxylic acids is 1. The number of benzene rings is 3. The molecular formula is C40H46N6O4. The smallest absolute Gasteiger partial charge is 0.352 e. The van der Waals surface area contributed by atoms with Crippen LogP contribution in [0.1, 0.15) is 96.7 Å². The highest BCUT2D eigenvalue weighted by atomic mass is 16.4. The van der Waals surface area contributed by atoms with Crippen molar-refractivity contribution in [1.29, 1.82) is 0 Å². The normalized spacial score (nSPS) is 15.3. The van der Waals surface area contributed by atoms with E-state index >= 15 is 0 Å². The number of hydrogen-bond donors (Lipinski definition) is 2. The number of nitrogens with two attached hydrogens (primary N) is 1. The van der Waals surface area contributed by atoms with E-state index in [4.69, 9.17) is 5.73 Å².